The van der Waals surface area contributed by atoms with Gasteiger partial charge in [-0.05, 0) is 18.6 Å². The number of sulfonamides is 1. The van der Waals surface area contributed by atoms with E-state index >= 15 is 0 Å². The molecule has 0 saturated carbocycles. The van der Waals surface area contributed by atoms with Crippen LogP contribution in [0.5, 0.6) is 5.75 Å². The Kier molecular flexibility index (Phi) is 4.60. The van der Waals surface area contributed by atoms with E-state index in [-0.39, 0.29) is 16.9 Å². The monoisotopic (exact) mass is 350 g/mol. The van der Waals surface area contributed by atoms with Crippen molar-refractivity contribution in [3.63, 3.8) is 0 Å². The highest BCUT2D eigenvalue weighted by Gasteiger charge is 2.28. The van der Waals surface area contributed by atoms with Gasteiger partial charge in [0.05, 0.1) is 7.11 Å². The molecule has 7 nitrogen and oxygen atoms in total. The van der Waals surface area contributed by atoms with Gasteiger partial charge >= 0.3 is 0 Å². The summed E-state index contributed by atoms with van der Waals surface area (Å²) in [4.78, 5) is 0.158. The lowest BCUT2D eigenvalue weighted by atomic mass is 10.1. The van der Waals surface area contributed by atoms with Crippen molar-refractivity contribution in [3.05, 3.63) is 35.9 Å². The van der Waals surface area contributed by atoms with Crippen LogP contribution in [0.2, 0.25) is 0 Å². The third-order valence-electron chi connectivity index (χ3n) is 4.17. The number of hydrogen-bond acceptors (Lipinski definition) is 5. The topological polar surface area (TPSA) is 86.1 Å². The number of fused-ring (bicyclic) bond motifs is 1. The minimum atomic E-state index is -3.65. The van der Waals surface area contributed by atoms with E-state index in [9.17, 15) is 8.42 Å². The minimum Gasteiger partial charge on any atom is -0.495 e. The molecular weight excluding hydrogens is 328 g/mol. The maximum atomic E-state index is 12.7. The van der Waals surface area contributed by atoms with Crippen LogP contribution in [0, 0.1) is 0 Å². The van der Waals surface area contributed by atoms with Crippen LogP contribution in [-0.2, 0) is 23.0 Å². The Morgan fingerprint density at radius 2 is 2.04 bits per heavy atom. The Bertz CT molecular complexity index is 830. The highest BCUT2D eigenvalue weighted by molar-refractivity contribution is 7.89. The maximum Gasteiger partial charge on any atom is 0.244 e. The van der Waals surface area contributed by atoms with Crippen molar-refractivity contribution in [1.82, 2.24) is 19.5 Å². The molecule has 0 radical (unpaired) electrons. The van der Waals surface area contributed by atoms with Crippen molar-refractivity contribution in [1.29, 1.82) is 0 Å². The van der Waals surface area contributed by atoms with Crippen molar-refractivity contribution in [2.75, 3.05) is 7.11 Å². The largest absolute Gasteiger partial charge is 0.495 e. The molecule has 24 heavy (non-hydrogen) atoms. The molecule has 1 aromatic heterocycles. The molecule has 0 amide bonds. The van der Waals surface area contributed by atoms with Gasteiger partial charge in [-0.25, -0.2) is 13.1 Å². The second-order valence-electron chi connectivity index (χ2n) is 6.25. The number of aryl methyl sites for hydroxylation is 1. The highest BCUT2D eigenvalue weighted by atomic mass is 32.2. The van der Waals surface area contributed by atoms with Gasteiger partial charge in [0.1, 0.15) is 22.3 Å². The number of hydrogen-bond donors (Lipinski definition) is 1. The molecule has 0 bridgehead atoms. The minimum absolute atomic E-state index is 0.158. The van der Waals surface area contributed by atoms with E-state index in [0.29, 0.717) is 25.1 Å². The maximum absolute atomic E-state index is 12.7. The lowest BCUT2D eigenvalue weighted by molar-refractivity contribution is 0.396. The van der Waals surface area contributed by atoms with Crippen molar-refractivity contribution in [2.45, 2.75) is 50.1 Å². The number of nitrogens with one attached hydrogen (secondary N) is 1. The SMILES string of the molecule is COc1ccccc1S(=O)(=O)NC1CCc2nnc(C(C)C)n2C1. The fraction of sp³-hybridized carbons (Fsp3) is 0.500. The molecule has 1 atom stereocenters. The summed E-state index contributed by atoms with van der Waals surface area (Å²) in [5, 5.41) is 8.44. The van der Waals surface area contributed by atoms with Crippen LogP contribution in [0.15, 0.2) is 29.2 Å². The lowest BCUT2D eigenvalue weighted by Gasteiger charge is -2.26. The Labute approximate surface area is 142 Å². The Hall–Kier alpha value is -1.93. The number of para-hydroxylation sites is 1. The smallest absolute Gasteiger partial charge is 0.244 e. The molecule has 0 aliphatic carbocycles. The standard InChI is InChI=1S/C16H22N4O3S/c1-11(2)16-18-17-15-9-8-12(10-20(15)16)19-24(21,22)14-7-5-4-6-13(14)23-3/h4-7,11-12,19H,8-10H2,1-3H3. The zero-order valence-electron chi connectivity index (χ0n) is 14.1. The predicted octanol–water partition coefficient (Wildman–Crippen LogP) is 1.70. The van der Waals surface area contributed by atoms with Crippen molar-refractivity contribution in [3.8, 4) is 5.75 Å². The molecule has 1 aliphatic rings. The molecule has 0 fully saturated rings. The zero-order valence-corrected chi connectivity index (χ0v) is 14.9. The average molecular weight is 350 g/mol. The average Bonchev–Trinajstić information content (AvgIpc) is 2.97. The first-order valence-electron chi connectivity index (χ1n) is 7.99. The molecule has 130 valence electrons. The zero-order chi connectivity index (χ0) is 17.3. The van der Waals surface area contributed by atoms with Crippen molar-refractivity contribution in [2.24, 2.45) is 0 Å². The van der Waals surface area contributed by atoms with Gasteiger partial charge < -0.3 is 9.30 Å². The summed E-state index contributed by atoms with van der Waals surface area (Å²) < 4.78 is 35.4. The van der Waals surface area contributed by atoms with Crippen molar-refractivity contribution < 1.29 is 13.2 Å². The number of nitrogens with zero attached hydrogens (tertiary/aromatic N) is 3. The molecule has 8 heteroatoms. The third-order valence-corrected chi connectivity index (χ3v) is 5.73. The molecular formula is C16H22N4O3S. The third kappa shape index (κ3) is 3.16. The van der Waals surface area contributed by atoms with E-state index in [0.717, 1.165) is 11.6 Å². The van der Waals surface area contributed by atoms with E-state index < -0.39 is 10.0 Å². The molecule has 1 aromatic carbocycles. The lowest BCUT2D eigenvalue weighted by Crippen LogP contribution is -2.41. The summed E-state index contributed by atoms with van der Waals surface area (Å²) in [5.41, 5.74) is 0. The summed E-state index contributed by atoms with van der Waals surface area (Å²) >= 11 is 0. The summed E-state index contributed by atoms with van der Waals surface area (Å²) in [6.07, 6.45) is 1.41. The van der Waals surface area contributed by atoms with Crippen LogP contribution >= 0.6 is 0 Å². The number of ether oxygens (including phenoxy) is 1. The molecule has 2 heterocycles. The van der Waals surface area contributed by atoms with Crippen LogP contribution < -0.4 is 9.46 Å². The quantitative estimate of drug-likeness (QED) is 0.887. The molecule has 1 aliphatic heterocycles. The van der Waals surface area contributed by atoms with Crippen LogP contribution in [-0.4, -0.2) is 36.3 Å². The number of benzene rings is 1. The fourth-order valence-corrected chi connectivity index (χ4v) is 4.43. The van der Waals surface area contributed by atoms with Gasteiger partial charge in [-0.1, -0.05) is 26.0 Å². The number of rotatable bonds is 5. The van der Waals surface area contributed by atoms with E-state index in [1.807, 2.05) is 4.57 Å². The molecule has 0 saturated heterocycles. The number of methoxy groups -OCH3 is 1. The first kappa shape index (κ1) is 16.9. The predicted molar refractivity (Wildman–Crippen MR) is 89.5 cm³/mol. The first-order chi connectivity index (χ1) is 11.4. The van der Waals surface area contributed by atoms with Crippen LogP contribution in [0.3, 0.4) is 0 Å². The number of aromatic nitrogens is 3. The van der Waals surface area contributed by atoms with E-state index in [1.165, 1.54) is 7.11 Å². The summed E-state index contributed by atoms with van der Waals surface area (Å²) in [7, 11) is -2.18. The van der Waals surface area contributed by atoms with Gasteiger partial charge in [0.2, 0.25) is 10.0 Å². The summed E-state index contributed by atoms with van der Waals surface area (Å²) in [5.74, 6) is 2.40. The van der Waals surface area contributed by atoms with Gasteiger partial charge in [0, 0.05) is 24.9 Å². The van der Waals surface area contributed by atoms with Crippen LogP contribution in [0.4, 0.5) is 0 Å². The van der Waals surface area contributed by atoms with E-state index in [2.05, 4.69) is 28.8 Å². The van der Waals surface area contributed by atoms with Gasteiger partial charge in [-0.15, -0.1) is 10.2 Å². The Morgan fingerprint density at radius 3 is 2.75 bits per heavy atom. The van der Waals surface area contributed by atoms with E-state index in [1.54, 1.807) is 24.3 Å². The molecule has 1 N–H and O–H groups in total. The Balaban J connectivity index is 1.83. The van der Waals surface area contributed by atoms with Gasteiger partial charge in [-0.2, -0.15) is 0 Å². The second-order valence-corrected chi connectivity index (χ2v) is 7.93. The van der Waals surface area contributed by atoms with Crippen LogP contribution in [0.1, 0.15) is 37.8 Å². The molecule has 3 rings (SSSR count). The van der Waals surface area contributed by atoms with Gasteiger partial charge in [-0.3, -0.25) is 0 Å². The summed E-state index contributed by atoms with van der Waals surface area (Å²) in [6, 6.07) is 6.43. The fourth-order valence-electron chi connectivity index (χ4n) is 3.00. The van der Waals surface area contributed by atoms with E-state index in [4.69, 9.17) is 4.74 Å². The second kappa shape index (κ2) is 6.52. The highest BCUT2D eigenvalue weighted by Crippen LogP contribution is 2.25. The summed E-state index contributed by atoms with van der Waals surface area (Å²) in [6.45, 7) is 4.66. The molecule has 1 unspecified atom stereocenters. The van der Waals surface area contributed by atoms with Crippen LogP contribution in [0.25, 0.3) is 0 Å². The molecule has 2 aromatic rings. The van der Waals surface area contributed by atoms with Gasteiger partial charge in [0.25, 0.3) is 0 Å². The normalized spacial score (nSPS) is 17.8. The first-order valence-corrected chi connectivity index (χ1v) is 9.48. The van der Waals surface area contributed by atoms with Gasteiger partial charge in [0.15, 0.2) is 0 Å². The Morgan fingerprint density at radius 1 is 1.29 bits per heavy atom. The van der Waals surface area contributed by atoms with Crippen molar-refractivity contribution >= 4 is 10.0 Å². The molecule has 0 spiro atoms.